The molecule has 0 saturated carbocycles. The maximum atomic E-state index is 12.7. The summed E-state index contributed by atoms with van der Waals surface area (Å²) in [7, 11) is 1.35. The molecule has 4 rings (SSSR count). The molecule has 4 N–H and O–H groups in total. The second kappa shape index (κ2) is 8.18. The molecule has 3 aromatic rings. The van der Waals surface area contributed by atoms with Crippen molar-refractivity contribution >= 4 is 5.97 Å². The van der Waals surface area contributed by atoms with Gasteiger partial charge in [-0.15, -0.1) is 0 Å². The Morgan fingerprint density at radius 1 is 0.967 bits per heavy atom. The van der Waals surface area contributed by atoms with Gasteiger partial charge in [0, 0.05) is 12.5 Å². The number of aliphatic hydroxyl groups excluding tert-OH is 1. The van der Waals surface area contributed by atoms with Crippen LogP contribution in [0.3, 0.4) is 0 Å². The zero-order chi connectivity index (χ0) is 21.3. The first kappa shape index (κ1) is 19.9. The van der Waals surface area contributed by atoms with Crippen LogP contribution < -0.4 is 5.32 Å². The second-order valence-corrected chi connectivity index (χ2v) is 7.33. The Morgan fingerprint density at radius 2 is 1.57 bits per heavy atom. The molecule has 0 amide bonds. The van der Waals surface area contributed by atoms with Gasteiger partial charge in [-0.1, -0.05) is 54.6 Å². The van der Waals surface area contributed by atoms with E-state index in [1.54, 1.807) is 0 Å². The number of hydrogen-bond donors (Lipinski definition) is 4. The third kappa shape index (κ3) is 3.51. The average molecular weight is 405 g/mol. The molecule has 0 aromatic heterocycles. The normalized spacial score (nSPS) is 14.6. The van der Waals surface area contributed by atoms with Gasteiger partial charge < -0.3 is 25.4 Å². The first-order valence-corrected chi connectivity index (χ1v) is 9.70. The summed E-state index contributed by atoms with van der Waals surface area (Å²) in [4.78, 5) is 12.7. The van der Waals surface area contributed by atoms with Crippen molar-refractivity contribution in [1.82, 2.24) is 5.32 Å². The number of rotatable bonds is 6. The SMILES string of the molecule is COC(=O)C(NCC(O)c1ccc(O)c(O)c1)C1c2ccccc2-c2ccccc21. The highest BCUT2D eigenvalue weighted by atomic mass is 16.5. The minimum absolute atomic E-state index is 0.0603. The molecule has 1 aliphatic carbocycles. The number of aliphatic hydroxyl groups is 1. The van der Waals surface area contributed by atoms with Gasteiger partial charge in [0.05, 0.1) is 13.2 Å². The van der Waals surface area contributed by atoms with E-state index in [-0.39, 0.29) is 24.0 Å². The molecule has 154 valence electrons. The molecule has 0 heterocycles. The van der Waals surface area contributed by atoms with Gasteiger partial charge in [0.15, 0.2) is 11.5 Å². The third-order valence-corrected chi connectivity index (χ3v) is 5.59. The number of phenols is 2. The predicted molar refractivity (Wildman–Crippen MR) is 112 cm³/mol. The summed E-state index contributed by atoms with van der Waals surface area (Å²) in [6.07, 6.45) is -0.990. The first-order valence-electron chi connectivity index (χ1n) is 9.70. The minimum atomic E-state index is -0.990. The van der Waals surface area contributed by atoms with Gasteiger partial charge in [-0.25, -0.2) is 0 Å². The van der Waals surface area contributed by atoms with Crippen molar-refractivity contribution in [1.29, 1.82) is 0 Å². The fraction of sp³-hybridized carbons (Fsp3) is 0.208. The molecule has 3 aromatic carbocycles. The van der Waals surface area contributed by atoms with Crippen LogP contribution in [0.5, 0.6) is 11.5 Å². The Hall–Kier alpha value is -3.35. The topological polar surface area (TPSA) is 99.0 Å². The number of aromatic hydroxyl groups is 2. The molecule has 0 aliphatic heterocycles. The number of ether oxygens (including phenoxy) is 1. The molecule has 2 unspecified atom stereocenters. The number of benzene rings is 3. The molecule has 2 atom stereocenters. The van der Waals surface area contributed by atoms with Gasteiger partial charge in [-0.2, -0.15) is 0 Å². The summed E-state index contributed by atoms with van der Waals surface area (Å²) in [5.41, 5.74) is 4.64. The molecule has 6 nitrogen and oxygen atoms in total. The molecule has 1 aliphatic rings. The molecule has 0 radical (unpaired) electrons. The number of methoxy groups -OCH3 is 1. The van der Waals surface area contributed by atoms with Crippen LogP contribution in [0.1, 0.15) is 28.7 Å². The lowest BCUT2D eigenvalue weighted by atomic mass is 9.89. The number of carbonyl (C=O) groups is 1. The monoisotopic (exact) mass is 405 g/mol. The van der Waals surface area contributed by atoms with Crippen LogP contribution in [0.2, 0.25) is 0 Å². The highest BCUT2D eigenvalue weighted by Crippen LogP contribution is 2.46. The molecule has 0 saturated heterocycles. The maximum Gasteiger partial charge on any atom is 0.323 e. The molecule has 0 spiro atoms. The quantitative estimate of drug-likeness (QED) is 0.372. The average Bonchev–Trinajstić information content (AvgIpc) is 3.10. The lowest BCUT2D eigenvalue weighted by Crippen LogP contribution is -2.44. The molecular formula is C24H23NO5. The Morgan fingerprint density at radius 3 is 2.13 bits per heavy atom. The Kier molecular flexibility index (Phi) is 5.44. The van der Waals surface area contributed by atoms with Crippen molar-refractivity contribution in [3.63, 3.8) is 0 Å². The van der Waals surface area contributed by atoms with Crippen LogP contribution in [0.4, 0.5) is 0 Å². The highest BCUT2D eigenvalue weighted by molar-refractivity contribution is 5.85. The Bertz CT molecular complexity index is 1040. The van der Waals surface area contributed by atoms with Crippen molar-refractivity contribution in [2.75, 3.05) is 13.7 Å². The number of nitrogens with one attached hydrogen (secondary N) is 1. The van der Waals surface area contributed by atoms with Gasteiger partial charge in [-0.3, -0.25) is 4.79 Å². The fourth-order valence-electron chi connectivity index (χ4n) is 4.12. The highest BCUT2D eigenvalue weighted by Gasteiger charge is 2.38. The van der Waals surface area contributed by atoms with Gasteiger partial charge in [0.1, 0.15) is 6.04 Å². The largest absolute Gasteiger partial charge is 0.504 e. The first-order chi connectivity index (χ1) is 14.5. The zero-order valence-corrected chi connectivity index (χ0v) is 16.4. The van der Waals surface area contributed by atoms with E-state index in [0.29, 0.717) is 5.56 Å². The molecule has 0 fully saturated rings. The van der Waals surface area contributed by atoms with Crippen LogP contribution in [0.25, 0.3) is 11.1 Å². The summed E-state index contributed by atoms with van der Waals surface area (Å²) >= 11 is 0. The van der Waals surface area contributed by atoms with Gasteiger partial charge in [0.25, 0.3) is 0 Å². The van der Waals surface area contributed by atoms with Crippen LogP contribution in [-0.2, 0) is 9.53 Å². The predicted octanol–water partition coefficient (Wildman–Crippen LogP) is 3.07. The van der Waals surface area contributed by atoms with Crippen molar-refractivity contribution in [2.24, 2.45) is 0 Å². The smallest absolute Gasteiger partial charge is 0.323 e. The van der Waals surface area contributed by atoms with E-state index in [1.807, 2.05) is 48.5 Å². The lowest BCUT2D eigenvalue weighted by Gasteiger charge is -2.26. The molecule has 6 heteroatoms. The molecular weight excluding hydrogens is 382 g/mol. The van der Waals surface area contributed by atoms with Crippen LogP contribution in [0, 0.1) is 0 Å². The number of carbonyl (C=O) groups excluding carboxylic acids is 1. The maximum absolute atomic E-state index is 12.7. The number of esters is 1. The van der Waals surface area contributed by atoms with Crippen molar-refractivity contribution in [3.05, 3.63) is 83.4 Å². The zero-order valence-electron chi connectivity index (χ0n) is 16.4. The molecule has 30 heavy (non-hydrogen) atoms. The Balaban J connectivity index is 1.64. The Labute approximate surface area is 174 Å². The van der Waals surface area contributed by atoms with E-state index in [0.717, 1.165) is 22.3 Å². The van der Waals surface area contributed by atoms with Crippen LogP contribution in [-0.4, -0.2) is 41.0 Å². The summed E-state index contributed by atoms with van der Waals surface area (Å²) < 4.78 is 5.07. The minimum Gasteiger partial charge on any atom is -0.504 e. The van der Waals surface area contributed by atoms with E-state index < -0.39 is 18.1 Å². The number of hydrogen-bond acceptors (Lipinski definition) is 6. The van der Waals surface area contributed by atoms with Crippen molar-refractivity contribution in [3.8, 4) is 22.6 Å². The number of phenolic OH excluding ortho intramolecular Hbond substituents is 2. The summed E-state index contributed by atoms with van der Waals surface area (Å²) in [5.74, 6) is -1.25. The fourth-order valence-corrected chi connectivity index (χ4v) is 4.12. The van der Waals surface area contributed by atoms with Crippen LogP contribution >= 0.6 is 0 Å². The van der Waals surface area contributed by atoms with E-state index in [1.165, 1.54) is 25.3 Å². The van der Waals surface area contributed by atoms with E-state index >= 15 is 0 Å². The van der Waals surface area contributed by atoms with Crippen LogP contribution in [0.15, 0.2) is 66.7 Å². The van der Waals surface area contributed by atoms with Gasteiger partial charge >= 0.3 is 5.97 Å². The summed E-state index contributed by atoms with van der Waals surface area (Å²) in [5, 5.41) is 32.9. The second-order valence-electron chi connectivity index (χ2n) is 7.33. The summed E-state index contributed by atoms with van der Waals surface area (Å²) in [6.45, 7) is 0.0603. The lowest BCUT2D eigenvalue weighted by molar-refractivity contribution is -0.143. The van der Waals surface area contributed by atoms with E-state index in [9.17, 15) is 20.1 Å². The van der Waals surface area contributed by atoms with Gasteiger partial charge in [-0.05, 0) is 39.9 Å². The van der Waals surface area contributed by atoms with Crippen molar-refractivity contribution in [2.45, 2.75) is 18.1 Å². The van der Waals surface area contributed by atoms with E-state index in [2.05, 4.69) is 5.32 Å². The standard InChI is InChI=1S/C24H23NO5/c1-30-24(29)23(25-13-21(28)14-10-11-19(26)20(27)12-14)22-17-8-4-2-6-15(17)16-7-3-5-9-18(16)22/h2-12,21-23,25-28H,13H2,1H3. The summed E-state index contributed by atoms with van der Waals surface area (Å²) in [6, 6.07) is 19.4. The van der Waals surface area contributed by atoms with E-state index in [4.69, 9.17) is 4.74 Å². The van der Waals surface area contributed by atoms with Crippen molar-refractivity contribution < 1.29 is 24.9 Å². The number of fused-ring (bicyclic) bond motifs is 3. The van der Waals surface area contributed by atoms with Gasteiger partial charge in [0.2, 0.25) is 0 Å². The third-order valence-electron chi connectivity index (χ3n) is 5.59. The molecule has 0 bridgehead atoms.